The lowest BCUT2D eigenvalue weighted by Crippen LogP contribution is -2.37. The summed E-state index contributed by atoms with van der Waals surface area (Å²) in [5.41, 5.74) is 7.49. The van der Waals surface area contributed by atoms with Gasteiger partial charge in [-0.25, -0.2) is 5.01 Å². The quantitative estimate of drug-likeness (QED) is 0.422. The van der Waals surface area contributed by atoms with E-state index in [1.165, 1.54) is 11.1 Å². The maximum absolute atomic E-state index is 5.82. The third-order valence-electron chi connectivity index (χ3n) is 5.92. The van der Waals surface area contributed by atoms with Crippen molar-refractivity contribution in [3.05, 3.63) is 107 Å². The predicted octanol–water partition coefficient (Wildman–Crippen LogP) is 5.21. The first-order chi connectivity index (χ1) is 16.2. The van der Waals surface area contributed by atoms with E-state index in [9.17, 15) is 0 Å². The molecule has 0 bridgehead atoms. The number of hydrogen-bond acceptors (Lipinski definition) is 4. The van der Waals surface area contributed by atoms with Crippen molar-refractivity contribution in [1.82, 2.24) is 20.3 Å². The molecular formula is C27H25N5S. The van der Waals surface area contributed by atoms with Crippen LogP contribution in [0.3, 0.4) is 0 Å². The fourth-order valence-electron chi connectivity index (χ4n) is 4.18. The maximum atomic E-state index is 5.82. The highest BCUT2D eigenvalue weighted by atomic mass is 32.1. The number of hydrazone groups is 1. The van der Waals surface area contributed by atoms with E-state index in [0.717, 1.165) is 47.3 Å². The van der Waals surface area contributed by atoms with E-state index in [-0.39, 0.29) is 6.04 Å². The Morgan fingerprint density at radius 2 is 1.76 bits per heavy atom. The van der Waals surface area contributed by atoms with Gasteiger partial charge >= 0.3 is 0 Å². The summed E-state index contributed by atoms with van der Waals surface area (Å²) >= 11 is 5.82. The fourth-order valence-corrected chi connectivity index (χ4v) is 4.45. The molecule has 0 saturated heterocycles. The highest BCUT2D eigenvalue weighted by Crippen LogP contribution is 2.35. The third kappa shape index (κ3) is 4.61. The molecule has 0 amide bonds. The molecular weight excluding hydrogens is 426 g/mol. The van der Waals surface area contributed by atoms with Crippen molar-refractivity contribution in [1.29, 1.82) is 0 Å². The first-order valence-electron chi connectivity index (χ1n) is 11.1. The van der Waals surface area contributed by atoms with Crippen molar-refractivity contribution in [2.45, 2.75) is 25.8 Å². The summed E-state index contributed by atoms with van der Waals surface area (Å²) in [6.45, 7) is 2.84. The fraction of sp³-hybridized carbons (Fsp3) is 0.185. The van der Waals surface area contributed by atoms with Gasteiger partial charge in [0.2, 0.25) is 0 Å². The first kappa shape index (κ1) is 21.2. The standard InChI is InChI=1S/C27H25N5S/c1-19-10-12-21(13-11-19)24-18-25(22-8-5-9-23-26(22)29-17-16-28-23)32(31-24)27(33)30-15-14-20-6-3-2-4-7-20/h2-13,16-17,25H,14-15,18H2,1H3,(H,30,33)/t25-/m1/s1. The lowest BCUT2D eigenvalue weighted by molar-refractivity contribution is 0.366. The number of aryl methyl sites for hydroxylation is 1. The largest absolute Gasteiger partial charge is 0.361 e. The second kappa shape index (κ2) is 9.46. The van der Waals surface area contributed by atoms with Crippen molar-refractivity contribution in [3.8, 4) is 0 Å². The van der Waals surface area contributed by atoms with E-state index in [4.69, 9.17) is 17.3 Å². The molecule has 33 heavy (non-hydrogen) atoms. The Morgan fingerprint density at radius 1 is 0.970 bits per heavy atom. The van der Waals surface area contributed by atoms with Crippen LogP contribution in [0.15, 0.2) is 90.3 Å². The summed E-state index contributed by atoms with van der Waals surface area (Å²) in [6.07, 6.45) is 5.11. The van der Waals surface area contributed by atoms with Crippen LogP contribution in [0.1, 0.15) is 34.7 Å². The summed E-state index contributed by atoms with van der Waals surface area (Å²) in [5, 5.41) is 11.0. The molecule has 1 aromatic heterocycles. The average Bonchev–Trinajstić information content (AvgIpc) is 3.30. The number of fused-ring (bicyclic) bond motifs is 1. The topological polar surface area (TPSA) is 53.4 Å². The van der Waals surface area contributed by atoms with Gasteiger partial charge in [0.25, 0.3) is 0 Å². The Balaban J connectivity index is 1.43. The van der Waals surface area contributed by atoms with E-state index in [0.29, 0.717) is 5.11 Å². The third-order valence-corrected chi connectivity index (χ3v) is 6.26. The van der Waals surface area contributed by atoms with Crippen LogP contribution >= 0.6 is 12.2 Å². The van der Waals surface area contributed by atoms with E-state index in [1.54, 1.807) is 12.4 Å². The highest BCUT2D eigenvalue weighted by Gasteiger charge is 2.32. The van der Waals surface area contributed by atoms with Gasteiger partial charge < -0.3 is 5.32 Å². The summed E-state index contributed by atoms with van der Waals surface area (Å²) in [7, 11) is 0. The SMILES string of the molecule is Cc1ccc(C2=NN(C(=S)NCCc3ccccc3)[C@@H](c3cccc4nccnc34)C2)cc1. The normalized spacial score (nSPS) is 15.5. The van der Waals surface area contributed by atoms with Gasteiger partial charge in [0.05, 0.1) is 22.8 Å². The summed E-state index contributed by atoms with van der Waals surface area (Å²) < 4.78 is 0. The molecule has 1 atom stereocenters. The summed E-state index contributed by atoms with van der Waals surface area (Å²) in [6, 6.07) is 25.0. The van der Waals surface area contributed by atoms with E-state index >= 15 is 0 Å². The second-order valence-electron chi connectivity index (χ2n) is 8.22. The van der Waals surface area contributed by atoms with Crippen LogP contribution in [-0.2, 0) is 6.42 Å². The Kier molecular flexibility index (Phi) is 6.09. The van der Waals surface area contributed by atoms with Crippen LogP contribution in [0.25, 0.3) is 11.0 Å². The number of para-hydroxylation sites is 1. The van der Waals surface area contributed by atoms with Gasteiger partial charge in [-0.15, -0.1) is 0 Å². The van der Waals surface area contributed by atoms with Crippen molar-refractivity contribution in [2.75, 3.05) is 6.54 Å². The number of thiocarbonyl (C=S) groups is 1. The number of rotatable bonds is 5. The van der Waals surface area contributed by atoms with Gasteiger partial charge in [-0.05, 0) is 42.8 Å². The second-order valence-corrected chi connectivity index (χ2v) is 8.60. The predicted molar refractivity (Wildman–Crippen MR) is 137 cm³/mol. The van der Waals surface area contributed by atoms with Crippen LogP contribution in [0, 0.1) is 6.92 Å². The summed E-state index contributed by atoms with van der Waals surface area (Å²) in [5.74, 6) is 0. The van der Waals surface area contributed by atoms with Crippen LogP contribution in [0.5, 0.6) is 0 Å². The molecule has 3 aromatic carbocycles. The smallest absolute Gasteiger partial charge is 0.190 e. The monoisotopic (exact) mass is 451 g/mol. The minimum absolute atomic E-state index is 0.0431. The van der Waals surface area contributed by atoms with Gasteiger partial charge in [0, 0.05) is 30.9 Å². The first-order valence-corrected chi connectivity index (χ1v) is 11.5. The lowest BCUT2D eigenvalue weighted by atomic mass is 9.97. The molecule has 0 unspecified atom stereocenters. The van der Waals surface area contributed by atoms with Crippen LogP contribution < -0.4 is 5.32 Å². The molecule has 1 aliphatic heterocycles. The average molecular weight is 452 g/mol. The van der Waals surface area contributed by atoms with E-state index < -0.39 is 0 Å². The molecule has 4 aromatic rings. The van der Waals surface area contributed by atoms with Crippen LogP contribution in [0.4, 0.5) is 0 Å². The van der Waals surface area contributed by atoms with E-state index in [2.05, 4.69) is 76.8 Å². The molecule has 6 heteroatoms. The Morgan fingerprint density at radius 3 is 2.58 bits per heavy atom. The van der Waals surface area contributed by atoms with Gasteiger partial charge in [-0.3, -0.25) is 9.97 Å². The van der Waals surface area contributed by atoms with Gasteiger partial charge in [-0.1, -0.05) is 72.3 Å². The molecule has 5 nitrogen and oxygen atoms in total. The number of nitrogens with zero attached hydrogens (tertiary/aromatic N) is 4. The van der Waals surface area contributed by atoms with Crippen molar-refractivity contribution in [3.63, 3.8) is 0 Å². The Labute approximate surface area is 199 Å². The zero-order valence-corrected chi connectivity index (χ0v) is 19.3. The molecule has 0 radical (unpaired) electrons. The molecule has 1 N–H and O–H groups in total. The molecule has 0 spiro atoms. The number of benzene rings is 3. The minimum atomic E-state index is -0.0431. The number of nitrogens with one attached hydrogen (secondary N) is 1. The van der Waals surface area contributed by atoms with Gasteiger partial charge in [-0.2, -0.15) is 5.10 Å². The lowest BCUT2D eigenvalue weighted by Gasteiger charge is -2.25. The number of hydrogen-bond donors (Lipinski definition) is 1. The maximum Gasteiger partial charge on any atom is 0.190 e. The molecule has 5 rings (SSSR count). The van der Waals surface area contributed by atoms with Gasteiger partial charge in [0.15, 0.2) is 5.11 Å². The minimum Gasteiger partial charge on any atom is -0.361 e. The Hall–Kier alpha value is -3.64. The molecule has 2 heterocycles. The summed E-state index contributed by atoms with van der Waals surface area (Å²) in [4.78, 5) is 9.11. The zero-order valence-electron chi connectivity index (χ0n) is 18.5. The number of aromatic nitrogens is 2. The molecule has 1 aliphatic rings. The van der Waals surface area contributed by atoms with Crippen LogP contribution in [0.2, 0.25) is 0 Å². The molecule has 0 fully saturated rings. The molecule has 164 valence electrons. The molecule has 0 saturated carbocycles. The highest BCUT2D eigenvalue weighted by molar-refractivity contribution is 7.80. The Bertz CT molecular complexity index is 1300. The molecule has 0 aliphatic carbocycles. The van der Waals surface area contributed by atoms with Gasteiger partial charge in [0.1, 0.15) is 0 Å². The van der Waals surface area contributed by atoms with Crippen LogP contribution in [-0.4, -0.2) is 32.3 Å². The van der Waals surface area contributed by atoms with Crippen molar-refractivity contribution < 1.29 is 0 Å². The van der Waals surface area contributed by atoms with Crippen molar-refractivity contribution in [2.24, 2.45) is 5.10 Å². The zero-order chi connectivity index (χ0) is 22.6. The van der Waals surface area contributed by atoms with Crippen molar-refractivity contribution >= 4 is 34.1 Å². The van der Waals surface area contributed by atoms with E-state index in [1.807, 2.05) is 23.2 Å².